The molecule has 1 aromatic carbocycles. The van der Waals surface area contributed by atoms with Crippen LogP contribution in [0.15, 0.2) is 34.6 Å². The van der Waals surface area contributed by atoms with E-state index in [1.54, 1.807) is 31.2 Å². The molecule has 0 fully saturated rings. The third kappa shape index (κ3) is 18.7. The second-order valence-electron chi connectivity index (χ2n) is 3.84. The van der Waals surface area contributed by atoms with Crippen molar-refractivity contribution < 1.29 is 30.2 Å². The van der Waals surface area contributed by atoms with E-state index in [9.17, 15) is 0 Å². The minimum atomic E-state index is -0.833. The second kappa shape index (κ2) is 13.6. The highest BCUT2D eigenvalue weighted by molar-refractivity contribution is 5.98. The maximum absolute atomic E-state index is 9.00. The summed E-state index contributed by atoms with van der Waals surface area (Å²) in [5, 5.41) is 37.3. The number of aliphatic carboxylic acids is 2. The Balaban J connectivity index is 0. The lowest BCUT2D eigenvalue weighted by molar-refractivity contribution is -0.135. The largest absolute Gasteiger partial charge is 0.481 e. The van der Waals surface area contributed by atoms with Crippen molar-refractivity contribution in [2.24, 2.45) is 10.3 Å². The Bertz CT molecular complexity index is 589. The van der Waals surface area contributed by atoms with E-state index in [1.807, 2.05) is 0 Å². The van der Waals surface area contributed by atoms with Crippen molar-refractivity contribution in [2.45, 2.75) is 20.8 Å². The van der Waals surface area contributed by atoms with Crippen LogP contribution in [0.4, 0.5) is 0 Å². The highest BCUT2D eigenvalue weighted by Gasteiger charge is 1.89. The molecule has 1 aromatic rings. The zero-order valence-electron chi connectivity index (χ0n) is 12.9. The van der Waals surface area contributed by atoms with Crippen molar-refractivity contribution in [2.75, 3.05) is 0 Å². The number of nitrogens with zero attached hydrogens (tertiary/aromatic N) is 2. The van der Waals surface area contributed by atoms with Gasteiger partial charge in [0.25, 0.3) is 11.9 Å². The molecule has 0 heterocycles. The molecular formula is C15H18N2O6. The summed E-state index contributed by atoms with van der Waals surface area (Å²) in [6.07, 6.45) is 1.33. The van der Waals surface area contributed by atoms with E-state index in [2.05, 4.69) is 22.2 Å². The fourth-order valence-electron chi connectivity index (χ4n) is 0.907. The molecule has 0 aliphatic heterocycles. The van der Waals surface area contributed by atoms with Gasteiger partial charge in [0.2, 0.25) is 0 Å². The molecule has 23 heavy (non-hydrogen) atoms. The molecule has 8 heteroatoms. The topological polar surface area (TPSA) is 140 Å². The van der Waals surface area contributed by atoms with E-state index < -0.39 is 11.9 Å². The summed E-state index contributed by atoms with van der Waals surface area (Å²) in [6.45, 7) is 3.78. The Hall–Kier alpha value is -3.34. The fourth-order valence-corrected chi connectivity index (χ4v) is 0.907. The normalized spacial score (nSPS) is 9.43. The molecule has 0 aliphatic rings. The number of carbonyl (C=O) groups is 2. The first-order valence-electron chi connectivity index (χ1n) is 6.10. The van der Waals surface area contributed by atoms with Gasteiger partial charge in [-0.05, 0) is 30.5 Å². The highest BCUT2D eigenvalue weighted by atomic mass is 16.4. The van der Waals surface area contributed by atoms with E-state index in [0.717, 1.165) is 25.0 Å². The van der Waals surface area contributed by atoms with Gasteiger partial charge in [-0.2, -0.15) is 0 Å². The molecule has 0 atom stereocenters. The van der Waals surface area contributed by atoms with Crippen molar-refractivity contribution in [1.29, 1.82) is 0 Å². The van der Waals surface area contributed by atoms with Gasteiger partial charge in [-0.15, -0.1) is 0 Å². The number of hydrogen-bond acceptors (Lipinski definition) is 6. The van der Waals surface area contributed by atoms with Crippen LogP contribution in [-0.4, -0.2) is 44.5 Å². The van der Waals surface area contributed by atoms with Crippen molar-refractivity contribution >= 4 is 23.9 Å². The number of hydrogen-bond donors (Lipinski definition) is 4. The molecule has 4 N–H and O–H groups in total. The van der Waals surface area contributed by atoms with Gasteiger partial charge < -0.3 is 20.6 Å². The summed E-state index contributed by atoms with van der Waals surface area (Å²) in [4.78, 5) is 18.0. The first kappa shape index (κ1) is 21.9. The van der Waals surface area contributed by atoms with Crippen molar-refractivity contribution in [3.05, 3.63) is 35.4 Å². The second-order valence-corrected chi connectivity index (χ2v) is 3.84. The van der Waals surface area contributed by atoms with Crippen molar-refractivity contribution in [3.63, 3.8) is 0 Å². The number of oxime groups is 2. The quantitative estimate of drug-likeness (QED) is 0.269. The smallest absolute Gasteiger partial charge is 0.300 e. The van der Waals surface area contributed by atoms with Crippen LogP contribution >= 0.6 is 0 Å². The number of benzene rings is 1. The lowest BCUT2D eigenvalue weighted by Gasteiger charge is -1.91. The first-order valence-corrected chi connectivity index (χ1v) is 6.10. The van der Waals surface area contributed by atoms with E-state index in [4.69, 9.17) is 30.2 Å². The predicted octanol–water partition coefficient (Wildman–Crippen LogP) is 1.88. The zero-order valence-corrected chi connectivity index (χ0v) is 12.9. The van der Waals surface area contributed by atoms with Gasteiger partial charge in [0.15, 0.2) is 0 Å². The molecule has 0 radical (unpaired) electrons. The summed E-state index contributed by atoms with van der Waals surface area (Å²) in [5.41, 5.74) is 1.94. The number of carboxylic acids is 2. The molecule has 0 saturated heterocycles. The Morgan fingerprint density at radius 1 is 1.00 bits per heavy atom. The molecule has 0 bridgehead atoms. The van der Waals surface area contributed by atoms with Gasteiger partial charge in [0.05, 0.1) is 6.21 Å². The lowest BCUT2D eigenvalue weighted by Crippen LogP contribution is -1.85. The average molecular weight is 322 g/mol. The Labute approximate surface area is 133 Å². The molecule has 0 aromatic heterocycles. The van der Waals surface area contributed by atoms with Crippen LogP contribution in [0.5, 0.6) is 0 Å². The molecule has 8 nitrogen and oxygen atoms in total. The lowest BCUT2D eigenvalue weighted by atomic mass is 10.1. The predicted molar refractivity (Wildman–Crippen MR) is 84.2 cm³/mol. The van der Waals surface area contributed by atoms with E-state index in [-0.39, 0.29) is 0 Å². The number of carboxylic acid groups (broad SMARTS) is 2. The highest BCUT2D eigenvalue weighted by Crippen LogP contribution is 2.00. The molecule has 0 amide bonds. The monoisotopic (exact) mass is 322 g/mol. The fraction of sp³-hybridized carbons (Fsp3) is 0.200. The van der Waals surface area contributed by atoms with E-state index >= 15 is 0 Å². The molecule has 0 unspecified atom stereocenters. The van der Waals surface area contributed by atoms with Crippen molar-refractivity contribution in [1.82, 2.24) is 0 Å². The van der Waals surface area contributed by atoms with Crippen LogP contribution in [0.1, 0.15) is 31.9 Å². The third-order valence-electron chi connectivity index (χ3n) is 1.66. The summed E-state index contributed by atoms with van der Waals surface area (Å²) < 4.78 is 0. The zero-order chi connectivity index (χ0) is 18.3. The van der Waals surface area contributed by atoms with Gasteiger partial charge in [0, 0.05) is 19.4 Å². The summed E-state index contributed by atoms with van der Waals surface area (Å²) in [5.74, 6) is 3.82. The molecular weight excluding hydrogens is 304 g/mol. The van der Waals surface area contributed by atoms with Crippen LogP contribution < -0.4 is 0 Å². The molecule has 1 rings (SSSR count). The van der Waals surface area contributed by atoms with Crippen LogP contribution in [0, 0.1) is 11.8 Å². The maximum Gasteiger partial charge on any atom is 0.300 e. The Morgan fingerprint density at radius 2 is 1.43 bits per heavy atom. The van der Waals surface area contributed by atoms with E-state index in [0.29, 0.717) is 5.71 Å². The number of rotatable bonds is 1. The van der Waals surface area contributed by atoms with E-state index in [1.165, 1.54) is 6.21 Å². The maximum atomic E-state index is 9.00. The van der Waals surface area contributed by atoms with Crippen LogP contribution in [0.3, 0.4) is 0 Å². The minimum Gasteiger partial charge on any atom is -0.481 e. The van der Waals surface area contributed by atoms with Crippen LogP contribution in [0.2, 0.25) is 0 Å². The Morgan fingerprint density at radius 3 is 1.78 bits per heavy atom. The van der Waals surface area contributed by atoms with Gasteiger partial charge in [0.1, 0.15) is 5.71 Å². The minimum absolute atomic E-state index is 0.357. The molecule has 0 saturated carbocycles. The average Bonchev–Trinajstić information content (AvgIpc) is 2.45. The molecule has 124 valence electrons. The van der Waals surface area contributed by atoms with Gasteiger partial charge in [-0.1, -0.05) is 28.4 Å². The Kier molecular flexibility index (Phi) is 13.0. The van der Waals surface area contributed by atoms with Crippen LogP contribution in [0.25, 0.3) is 0 Å². The van der Waals surface area contributed by atoms with Gasteiger partial charge in [-0.3, -0.25) is 9.59 Å². The summed E-state index contributed by atoms with van der Waals surface area (Å²) in [6, 6.07) is 7.12. The summed E-state index contributed by atoms with van der Waals surface area (Å²) >= 11 is 0. The molecule has 0 spiro atoms. The van der Waals surface area contributed by atoms with Crippen LogP contribution in [-0.2, 0) is 9.59 Å². The van der Waals surface area contributed by atoms with Crippen molar-refractivity contribution in [3.8, 4) is 11.8 Å². The third-order valence-corrected chi connectivity index (χ3v) is 1.66. The SMILES string of the molecule is CC(=O)O.CC(=O)O.CC(C#Cc1ccc(C=NO)cc1)=NO. The molecule has 0 aliphatic carbocycles. The van der Waals surface area contributed by atoms with Gasteiger partial charge >= 0.3 is 0 Å². The summed E-state index contributed by atoms with van der Waals surface area (Å²) in [7, 11) is 0. The standard InChI is InChI=1S/C11H10N2O2.2C2H4O2/c1-9(13-15)2-3-10-4-6-11(7-5-10)8-12-14;2*1-2(3)4/h4-8,14-15H,1H3;2*1H3,(H,3,4). The first-order chi connectivity index (χ1) is 10.7. The van der Waals surface area contributed by atoms with Gasteiger partial charge in [-0.25, -0.2) is 0 Å².